The Bertz CT molecular complexity index is 917. The van der Waals surface area contributed by atoms with Gasteiger partial charge in [0.2, 0.25) is 5.95 Å². The van der Waals surface area contributed by atoms with Crippen molar-refractivity contribution in [2.45, 2.75) is 52.0 Å². The van der Waals surface area contributed by atoms with Gasteiger partial charge in [0.1, 0.15) is 4.70 Å². The summed E-state index contributed by atoms with van der Waals surface area (Å²) in [5.74, 6) is -0.653. The molecule has 0 radical (unpaired) electrons. The van der Waals surface area contributed by atoms with E-state index in [1.54, 1.807) is 0 Å². The topological polar surface area (TPSA) is 129 Å². The van der Waals surface area contributed by atoms with E-state index in [9.17, 15) is 14.4 Å². The number of nitrogens with two attached hydrogens (primary N) is 1. The Morgan fingerprint density at radius 1 is 1.48 bits per heavy atom. The Labute approximate surface area is 146 Å². The van der Waals surface area contributed by atoms with Crippen LogP contribution in [0.2, 0.25) is 0 Å². The molecule has 2 aromatic heterocycles. The minimum atomic E-state index is -0.842. The van der Waals surface area contributed by atoms with Gasteiger partial charge in [-0.15, -0.1) is 0 Å². The number of H-pyrrole nitrogens is 1. The molecule has 3 N–H and O–H groups in total. The van der Waals surface area contributed by atoms with Crippen LogP contribution in [0.4, 0.5) is 5.95 Å². The van der Waals surface area contributed by atoms with E-state index in [1.807, 2.05) is 13.8 Å². The third-order valence-corrected chi connectivity index (χ3v) is 5.26. The molecule has 4 atom stereocenters. The first-order valence-corrected chi connectivity index (χ1v) is 8.88. The van der Waals surface area contributed by atoms with Crippen LogP contribution < -0.4 is 16.2 Å². The van der Waals surface area contributed by atoms with Crippen LogP contribution in [0.3, 0.4) is 0 Å². The van der Waals surface area contributed by atoms with Gasteiger partial charge in [0.05, 0.1) is 6.10 Å². The summed E-state index contributed by atoms with van der Waals surface area (Å²) in [7, 11) is 0. The number of rotatable bonds is 4. The molecule has 25 heavy (non-hydrogen) atoms. The predicted molar refractivity (Wildman–Crippen MR) is 92.4 cm³/mol. The van der Waals surface area contributed by atoms with Crippen molar-refractivity contribution in [1.29, 1.82) is 0 Å². The first-order chi connectivity index (χ1) is 11.8. The van der Waals surface area contributed by atoms with Crippen molar-refractivity contribution in [3.8, 4) is 0 Å². The lowest BCUT2D eigenvalue weighted by Gasteiger charge is -2.21. The zero-order valence-corrected chi connectivity index (χ0v) is 15.0. The number of anilines is 1. The molecular formula is C15H20N4O5S. The van der Waals surface area contributed by atoms with Crippen LogP contribution in [0.25, 0.3) is 10.3 Å². The molecule has 1 aliphatic rings. The molecule has 0 bridgehead atoms. The van der Waals surface area contributed by atoms with Crippen molar-refractivity contribution < 1.29 is 14.3 Å². The van der Waals surface area contributed by atoms with Crippen molar-refractivity contribution in [3.05, 3.63) is 20.0 Å². The van der Waals surface area contributed by atoms with Gasteiger partial charge >= 0.3 is 10.8 Å². The summed E-state index contributed by atoms with van der Waals surface area (Å²) in [4.78, 5) is 42.1. The fraction of sp³-hybridized carbons (Fsp3) is 0.600. The van der Waals surface area contributed by atoms with E-state index in [-0.39, 0.29) is 28.3 Å². The summed E-state index contributed by atoms with van der Waals surface area (Å²) in [6.45, 7) is 5.26. The average Bonchev–Trinajstić information content (AvgIpc) is 2.99. The number of hydrogen-bond donors (Lipinski definition) is 2. The lowest BCUT2D eigenvalue weighted by atomic mass is 9.97. The molecule has 0 spiro atoms. The predicted octanol–water partition coefficient (Wildman–Crippen LogP) is 0.994. The quantitative estimate of drug-likeness (QED) is 0.770. The third kappa shape index (κ3) is 3.07. The molecule has 1 fully saturated rings. The summed E-state index contributed by atoms with van der Waals surface area (Å²) in [5.41, 5.74) is 5.27. The highest BCUT2D eigenvalue weighted by molar-refractivity contribution is 7.16. The molecule has 3 rings (SSSR count). The van der Waals surface area contributed by atoms with E-state index in [4.69, 9.17) is 15.2 Å². The number of nitrogen functional groups attached to an aromatic ring is 1. The Hall–Kier alpha value is -2.20. The van der Waals surface area contributed by atoms with Gasteiger partial charge in [-0.3, -0.25) is 23.9 Å². The molecule has 1 saturated heterocycles. The van der Waals surface area contributed by atoms with Gasteiger partial charge in [0, 0.05) is 12.8 Å². The average molecular weight is 368 g/mol. The number of carbonyl (C=O) groups excluding carboxylic acids is 1. The van der Waals surface area contributed by atoms with Gasteiger partial charge in [-0.25, -0.2) is 0 Å². The highest BCUT2D eigenvalue weighted by Gasteiger charge is 2.46. The maximum Gasteiger partial charge on any atom is 0.311 e. The Balaban J connectivity index is 2.14. The molecule has 0 saturated carbocycles. The van der Waals surface area contributed by atoms with Gasteiger partial charge in [0.15, 0.2) is 18.0 Å². The fourth-order valence-corrected chi connectivity index (χ4v) is 4.04. The Morgan fingerprint density at radius 2 is 2.20 bits per heavy atom. The van der Waals surface area contributed by atoms with Gasteiger partial charge in [0.25, 0.3) is 5.56 Å². The van der Waals surface area contributed by atoms with E-state index in [0.29, 0.717) is 0 Å². The van der Waals surface area contributed by atoms with E-state index in [1.165, 1.54) is 11.5 Å². The second-order valence-corrected chi connectivity index (χ2v) is 7.09. The van der Waals surface area contributed by atoms with Crippen molar-refractivity contribution in [2.24, 2.45) is 5.92 Å². The molecule has 1 aliphatic heterocycles. The molecule has 0 aliphatic carbocycles. The molecule has 0 aromatic carbocycles. The molecular weight excluding hydrogens is 348 g/mol. The summed E-state index contributed by atoms with van der Waals surface area (Å²) in [5, 5.41) is 0. The highest BCUT2D eigenvalue weighted by Crippen LogP contribution is 2.38. The van der Waals surface area contributed by atoms with Gasteiger partial charge in [-0.1, -0.05) is 31.6 Å². The summed E-state index contributed by atoms with van der Waals surface area (Å²) < 4.78 is 12.9. The van der Waals surface area contributed by atoms with Gasteiger partial charge in [-0.05, 0) is 6.42 Å². The molecule has 9 nitrogen and oxygen atoms in total. The SMILES string of the molecule is CCC[C@H]1O[C@@H](n2c(=O)sc3c(=O)[nH]c(N)nc32)[C@H](OC(C)=O)[C@@H]1C. The number of fused-ring (bicyclic) bond motifs is 1. The Kier molecular flexibility index (Phi) is 4.65. The molecule has 136 valence electrons. The first kappa shape index (κ1) is 17.6. The van der Waals surface area contributed by atoms with Gasteiger partial charge < -0.3 is 15.2 Å². The van der Waals surface area contributed by atoms with Crippen LogP contribution >= 0.6 is 11.3 Å². The van der Waals surface area contributed by atoms with Crippen molar-refractivity contribution in [1.82, 2.24) is 14.5 Å². The number of hydrogen-bond acceptors (Lipinski definition) is 8. The van der Waals surface area contributed by atoms with Crippen LogP contribution in [-0.4, -0.2) is 32.7 Å². The number of aromatic amines is 1. The number of nitrogens with zero attached hydrogens (tertiary/aromatic N) is 2. The van der Waals surface area contributed by atoms with E-state index in [0.717, 1.165) is 24.2 Å². The minimum absolute atomic E-state index is 0.0933. The zero-order valence-electron chi connectivity index (χ0n) is 14.1. The van der Waals surface area contributed by atoms with Crippen molar-refractivity contribution >= 4 is 33.6 Å². The zero-order chi connectivity index (χ0) is 18.3. The van der Waals surface area contributed by atoms with Crippen LogP contribution in [0, 0.1) is 5.92 Å². The van der Waals surface area contributed by atoms with Gasteiger partial charge in [-0.2, -0.15) is 4.98 Å². The van der Waals surface area contributed by atoms with Crippen molar-refractivity contribution in [2.75, 3.05) is 5.73 Å². The monoisotopic (exact) mass is 368 g/mol. The smallest absolute Gasteiger partial charge is 0.311 e. The molecule has 0 unspecified atom stereocenters. The molecule has 10 heteroatoms. The third-order valence-electron chi connectivity index (χ3n) is 4.32. The fourth-order valence-electron chi connectivity index (χ4n) is 3.20. The second-order valence-electron chi connectivity index (χ2n) is 6.13. The number of nitrogens with one attached hydrogen (secondary N) is 1. The molecule has 0 amide bonds. The maximum absolute atomic E-state index is 12.5. The highest BCUT2D eigenvalue weighted by atomic mass is 32.1. The Morgan fingerprint density at radius 3 is 2.84 bits per heavy atom. The number of carbonyl (C=O) groups is 1. The van der Waals surface area contributed by atoms with Crippen LogP contribution in [0.1, 0.15) is 39.8 Å². The van der Waals surface area contributed by atoms with Crippen LogP contribution in [-0.2, 0) is 14.3 Å². The molecule has 3 heterocycles. The van der Waals surface area contributed by atoms with Crippen molar-refractivity contribution in [3.63, 3.8) is 0 Å². The second kappa shape index (κ2) is 6.60. The number of esters is 1. The lowest BCUT2D eigenvalue weighted by Crippen LogP contribution is -2.33. The van der Waals surface area contributed by atoms with E-state index < -0.39 is 28.7 Å². The lowest BCUT2D eigenvalue weighted by molar-refractivity contribution is -0.153. The van der Waals surface area contributed by atoms with Crippen LogP contribution in [0.15, 0.2) is 9.59 Å². The normalized spacial score (nSPS) is 26.2. The van der Waals surface area contributed by atoms with E-state index in [2.05, 4.69) is 9.97 Å². The summed E-state index contributed by atoms with van der Waals surface area (Å²) in [6, 6.07) is 0. The maximum atomic E-state index is 12.5. The molecule has 2 aromatic rings. The minimum Gasteiger partial charge on any atom is -0.457 e. The first-order valence-electron chi connectivity index (χ1n) is 8.07. The summed E-state index contributed by atoms with van der Waals surface area (Å²) >= 11 is 0.763. The van der Waals surface area contributed by atoms with Crippen LogP contribution in [0.5, 0.6) is 0 Å². The number of thiazole rings is 1. The summed E-state index contributed by atoms with van der Waals surface area (Å²) in [6.07, 6.45) is -0.000970. The number of aromatic nitrogens is 3. The van der Waals surface area contributed by atoms with E-state index >= 15 is 0 Å². The standard InChI is InChI=1S/C15H20N4O5S/c1-4-5-8-6(2)9(23-7(3)20)13(24-8)19-11-10(25-15(19)22)12(21)18-14(16)17-11/h6,8-9,13H,4-5H2,1-3H3,(H3,16,17,18,21)/t6-,8-,9-,13-/m1/s1. The largest absolute Gasteiger partial charge is 0.457 e. The number of ether oxygens (including phenoxy) is 2.